The van der Waals surface area contributed by atoms with Gasteiger partial charge in [-0.05, 0) is 23.6 Å². The van der Waals surface area contributed by atoms with Gasteiger partial charge in [0.1, 0.15) is 6.54 Å². The highest BCUT2D eigenvalue weighted by Gasteiger charge is 2.21. The van der Waals surface area contributed by atoms with E-state index in [1.54, 1.807) is 24.3 Å². The topological polar surface area (TPSA) is 90.5 Å². The lowest BCUT2D eigenvalue weighted by Crippen LogP contribution is -2.34. The van der Waals surface area contributed by atoms with E-state index < -0.39 is 23.7 Å². The third-order valence-electron chi connectivity index (χ3n) is 3.70. The van der Waals surface area contributed by atoms with E-state index in [9.17, 15) is 14.4 Å². The molecular weight excluding hydrogens is 344 g/mol. The summed E-state index contributed by atoms with van der Waals surface area (Å²) in [5.41, 5.74) is 0.966. The third kappa shape index (κ3) is 3.80. The predicted octanol–water partition coefficient (Wildman–Crippen LogP) is 2.08. The van der Waals surface area contributed by atoms with Crippen molar-refractivity contribution in [3.8, 4) is 0 Å². The zero-order chi connectivity index (χ0) is 17.8. The summed E-state index contributed by atoms with van der Waals surface area (Å²) < 4.78 is 11.1. The molecule has 0 bridgehead atoms. The quantitative estimate of drug-likeness (QED) is 0.680. The molecule has 3 aromatic rings. The van der Waals surface area contributed by atoms with Gasteiger partial charge in [0.15, 0.2) is 5.58 Å². The van der Waals surface area contributed by atoms with Gasteiger partial charge in [-0.2, -0.15) is 0 Å². The van der Waals surface area contributed by atoms with Gasteiger partial charge in [-0.25, -0.2) is 4.79 Å². The second kappa shape index (κ2) is 7.35. The Morgan fingerprint density at radius 3 is 2.80 bits per heavy atom. The normalized spacial score (nSPS) is 12.0. The Balaban J connectivity index is 1.78. The molecule has 0 aliphatic rings. The molecule has 3 rings (SSSR count). The number of thiophene rings is 1. The molecule has 0 saturated carbocycles. The van der Waals surface area contributed by atoms with Crippen molar-refractivity contribution in [3.63, 3.8) is 0 Å². The Bertz CT molecular complexity index is 942. The number of aromatic nitrogens is 1. The number of rotatable bonds is 6. The van der Waals surface area contributed by atoms with Crippen LogP contribution in [0.25, 0.3) is 11.1 Å². The lowest BCUT2D eigenvalue weighted by molar-refractivity contribution is -0.141. The molecule has 2 aromatic heterocycles. The van der Waals surface area contributed by atoms with Gasteiger partial charge in [0.25, 0.3) is 0 Å². The molecule has 8 heteroatoms. The molecule has 25 heavy (non-hydrogen) atoms. The third-order valence-corrected chi connectivity index (χ3v) is 4.68. The average molecular weight is 360 g/mol. The summed E-state index contributed by atoms with van der Waals surface area (Å²) in [6.45, 7) is -0.196. The summed E-state index contributed by atoms with van der Waals surface area (Å²) in [4.78, 5) is 36.8. The molecule has 0 saturated heterocycles. The van der Waals surface area contributed by atoms with Crippen molar-refractivity contribution in [3.05, 3.63) is 57.2 Å². The fraction of sp³-hybridized carbons (Fsp3) is 0.235. The Kier molecular flexibility index (Phi) is 4.99. The van der Waals surface area contributed by atoms with E-state index in [4.69, 9.17) is 4.42 Å². The number of carbonyl (C=O) groups excluding carboxylic acids is 2. The first-order valence-electron chi connectivity index (χ1n) is 7.56. The van der Waals surface area contributed by atoms with Gasteiger partial charge in [0, 0.05) is 4.88 Å². The number of esters is 1. The van der Waals surface area contributed by atoms with Crippen LogP contribution in [-0.2, 0) is 20.9 Å². The van der Waals surface area contributed by atoms with Crippen molar-refractivity contribution in [1.29, 1.82) is 0 Å². The Hall–Kier alpha value is -2.87. The lowest BCUT2D eigenvalue weighted by atomic mass is 10.1. The highest BCUT2D eigenvalue weighted by Crippen LogP contribution is 2.22. The smallest absolute Gasteiger partial charge is 0.420 e. The molecule has 7 nitrogen and oxygen atoms in total. The number of hydrogen-bond donors (Lipinski definition) is 1. The van der Waals surface area contributed by atoms with Crippen LogP contribution in [0.2, 0.25) is 0 Å². The summed E-state index contributed by atoms with van der Waals surface area (Å²) in [5, 5.41) is 4.65. The first-order chi connectivity index (χ1) is 12.1. The minimum absolute atomic E-state index is 0.0176. The van der Waals surface area contributed by atoms with Crippen LogP contribution < -0.4 is 11.1 Å². The largest absolute Gasteiger partial charge is 0.469 e. The van der Waals surface area contributed by atoms with E-state index in [2.05, 4.69) is 10.1 Å². The molecule has 0 spiro atoms. The number of methoxy groups -OCH3 is 1. The van der Waals surface area contributed by atoms with E-state index in [1.807, 2.05) is 17.5 Å². The van der Waals surface area contributed by atoms with Crippen LogP contribution in [-0.4, -0.2) is 23.6 Å². The summed E-state index contributed by atoms with van der Waals surface area (Å²) in [7, 11) is 1.30. The first kappa shape index (κ1) is 17.0. The predicted molar refractivity (Wildman–Crippen MR) is 92.3 cm³/mol. The Labute approximate surface area is 146 Å². The molecule has 1 amide bonds. The number of hydrogen-bond acceptors (Lipinski definition) is 6. The number of benzene rings is 1. The lowest BCUT2D eigenvalue weighted by Gasteiger charge is -2.16. The molecule has 0 aliphatic carbocycles. The van der Waals surface area contributed by atoms with Crippen LogP contribution in [0, 0.1) is 0 Å². The zero-order valence-electron chi connectivity index (χ0n) is 13.4. The van der Waals surface area contributed by atoms with Crippen LogP contribution in [0.3, 0.4) is 0 Å². The summed E-state index contributed by atoms with van der Waals surface area (Å²) in [5.74, 6) is -1.42. The van der Waals surface area contributed by atoms with Gasteiger partial charge < -0.3 is 14.5 Å². The van der Waals surface area contributed by atoms with E-state index in [1.165, 1.54) is 23.0 Å². The van der Waals surface area contributed by atoms with E-state index in [-0.39, 0.29) is 13.0 Å². The van der Waals surface area contributed by atoms with Crippen LogP contribution in [0.15, 0.2) is 51.0 Å². The number of fused-ring (bicyclic) bond motifs is 1. The summed E-state index contributed by atoms with van der Waals surface area (Å²) in [6, 6.07) is 10.0. The maximum atomic E-state index is 12.4. The first-order valence-corrected chi connectivity index (χ1v) is 8.44. The minimum atomic E-state index is -0.600. The van der Waals surface area contributed by atoms with Crippen LogP contribution in [0.1, 0.15) is 17.3 Å². The number of nitrogens with one attached hydrogen (secondary N) is 1. The highest BCUT2D eigenvalue weighted by molar-refractivity contribution is 7.10. The Morgan fingerprint density at radius 2 is 2.08 bits per heavy atom. The molecule has 1 unspecified atom stereocenters. The fourth-order valence-electron chi connectivity index (χ4n) is 2.51. The van der Waals surface area contributed by atoms with Gasteiger partial charge in [0.05, 0.1) is 25.1 Å². The monoisotopic (exact) mass is 360 g/mol. The minimum Gasteiger partial charge on any atom is -0.469 e. The fourth-order valence-corrected chi connectivity index (χ4v) is 3.29. The van der Waals surface area contributed by atoms with E-state index >= 15 is 0 Å². The maximum Gasteiger partial charge on any atom is 0.420 e. The maximum absolute atomic E-state index is 12.4. The molecule has 2 heterocycles. The van der Waals surface area contributed by atoms with E-state index in [0.29, 0.717) is 11.1 Å². The molecule has 1 aromatic carbocycles. The average Bonchev–Trinajstić information content (AvgIpc) is 3.23. The SMILES string of the molecule is COC(=O)CC(NC(=O)Cn1c(=O)oc2ccccc21)c1cccs1. The molecule has 0 aliphatic heterocycles. The van der Waals surface area contributed by atoms with Crippen molar-refractivity contribution < 1.29 is 18.7 Å². The van der Waals surface area contributed by atoms with Crippen LogP contribution >= 0.6 is 11.3 Å². The Morgan fingerprint density at radius 1 is 1.28 bits per heavy atom. The second-order valence-electron chi connectivity index (χ2n) is 5.34. The van der Waals surface area contributed by atoms with E-state index in [0.717, 1.165) is 4.88 Å². The molecular formula is C17H16N2O5S. The van der Waals surface area contributed by atoms with Crippen molar-refractivity contribution in [2.75, 3.05) is 7.11 Å². The highest BCUT2D eigenvalue weighted by atomic mass is 32.1. The van der Waals surface area contributed by atoms with Crippen molar-refractivity contribution in [1.82, 2.24) is 9.88 Å². The van der Waals surface area contributed by atoms with Crippen molar-refractivity contribution >= 4 is 34.3 Å². The van der Waals surface area contributed by atoms with Gasteiger partial charge in [0.2, 0.25) is 5.91 Å². The molecule has 1 N–H and O–H groups in total. The van der Waals surface area contributed by atoms with Gasteiger partial charge in [-0.1, -0.05) is 18.2 Å². The van der Waals surface area contributed by atoms with Gasteiger partial charge in [-0.3, -0.25) is 14.2 Å². The van der Waals surface area contributed by atoms with Crippen LogP contribution in [0.4, 0.5) is 0 Å². The summed E-state index contributed by atoms with van der Waals surface area (Å²) >= 11 is 1.43. The number of carbonyl (C=O) groups is 2. The standard InChI is InChI=1S/C17H16N2O5S/c1-23-16(21)9-11(14-7-4-8-25-14)18-15(20)10-19-12-5-2-3-6-13(12)24-17(19)22/h2-8,11H,9-10H2,1H3,(H,18,20). The number of para-hydroxylation sites is 2. The second-order valence-corrected chi connectivity index (χ2v) is 6.32. The van der Waals surface area contributed by atoms with Gasteiger partial charge >= 0.3 is 11.7 Å². The molecule has 130 valence electrons. The number of oxazole rings is 1. The van der Waals surface area contributed by atoms with Crippen molar-refractivity contribution in [2.24, 2.45) is 0 Å². The molecule has 0 fully saturated rings. The van der Waals surface area contributed by atoms with Crippen LogP contribution in [0.5, 0.6) is 0 Å². The summed E-state index contributed by atoms with van der Waals surface area (Å²) in [6.07, 6.45) is 0.0176. The number of nitrogens with zero attached hydrogens (tertiary/aromatic N) is 1. The number of amides is 1. The van der Waals surface area contributed by atoms with Gasteiger partial charge in [-0.15, -0.1) is 11.3 Å². The van der Waals surface area contributed by atoms with Crippen molar-refractivity contribution in [2.45, 2.75) is 19.0 Å². The molecule has 0 radical (unpaired) electrons. The number of ether oxygens (including phenoxy) is 1. The molecule has 1 atom stereocenters. The zero-order valence-corrected chi connectivity index (χ0v) is 14.2.